The molecule has 0 aliphatic heterocycles. The molecule has 0 saturated heterocycles. The second-order valence-electron chi connectivity index (χ2n) is 7.25. The molecule has 0 unspecified atom stereocenters. The summed E-state index contributed by atoms with van der Waals surface area (Å²) in [5.74, 6) is -1.70. The molecule has 0 amide bonds. The van der Waals surface area contributed by atoms with Crippen molar-refractivity contribution in [2.24, 2.45) is 5.41 Å². The maximum absolute atomic E-state index is 12.6. The second kappa shape index (κ2) is 4.37. The van der Waals surface area contributed by atoms with Gasteiger partial charge in [-0.05, 0) is 44.4 Å². The molecule has 1 aromatic rings. The van der Waals surface area contributed by atoms with Crippen molar-refractivity contribution in [3.05, 3.63) is 34.1 Å². The quantitative estimate of drug-likeness (QED) is 0.639. The van der Waals surface area contributed by atoms with Crippen LogP contribution in [-0.4, -0.2) is 26.9 Å². The van der Waals surface area contributed by atoms with Crippen molar-refractivity contribution in [2.75, 3.05) is 0 Å². The molecule has 3 N–H and O–H groups in total. The highest BCUT2D eigenvalue weighted by Gasteiger charge is 2.55. The summed E-state index contributed by atoms with van der Waals surface area (Å²) in [5.41, 5.74) is -0.694. The van der Waals surface area contributed by atoms with E-state index in [4.69, 9.17) is 0 Å². The monoisotopic (exact) mass is 316 g/mol. The Morgan fingerprint density at radius 3 is 2.26 bits per heavy atom. The van der Waals surface area contributed by atoms with Gasteiger partial charge in [0.1, 0.15) is 5.78 Å². The second-order valence-corrected chi connectivity index (χ2v) is 7.25. The van der Waals surface area contributed by atoms with E-state index in [-0.39, 0.29) is 29.3 Å². The van der Waals surface area contributed by atoms with Crippen molar-refractivity contribution in [2.45, 2.75) is 46.0 Å². The summed E-state index contributed by atoms with van der Waals surface area (Å²) in [5, 5.41) is 31.1. The number of carbonyl (C=O) groups is 2. The van der Waals surface area contributed by atoms with E-state index in [1.807, 2.05) is 0 Å². The van der Waals surface area contributed by atoms with Crippen LogP contribution >= 0.6 is 0 Å². The lowest BCUT2D eigenvalue weighted by Gasteiger charge is -2.48. The van der Waals surface area contributed by atoms with E-state index in [2.05, 4.69) is 0 Å². The Bertz CT molecular complexity index is 800. The molecule has 23 heavy (non-hydrogen) atoms. The molecule has 0 spiro atoms. The zero-order valence-electron chi connectivity index (χ0n) is 13.6. The van der Waals surface area contributed by atoms with Gasteiger partial charge in [0.15, 0.2) is 17.3 Å². The lowest BCUT2D eigenvalue weighted by atomic mass is 9.54. The van der Waals surface area contributed by atoms with Crippen molar-refractivity contribution in [1.29, 1.82) is 0 Å². The minimum atomic E-state index is -1.00. The van der Waals surface area contributed by atoms with Gasteiger partial charge in [-0.3, -0.25) is 9.59 Å². The molecule has 2 aliphatic carbocycles. The van der Waals surface area contributed by atoms with Gasteiger partial charge in [-0.25, -0.2) is 0 Å². The Morgan fingerprint density at radius 1 is 1.04 bits per heavy atom. The van der Waals surface area contributed by atoms with Crippen LogP contribution in [0, 0.1) is 12.3 Å². The zero-order chi connectivity index (χ0) is 17.3. The van der Waals surface area contributed by atoms with Gasteiger partial charge in [0.05, 0.1) is 0 Å². The Kier molecular flexibility index (Phi) is 2.96. The molecular weight excluding hydrogens is 296 g/mol. The first-order valence-electron chi connectivity index (χ1n) is 7.61. The van der Waals surface area contributed by atoms with E-state index in [9.17, 15) is 24.9 Å². The number of allylic oxidation sites excluding steroid dienone is 2. The lowest BCUT2D eigenvalue weighted by Crippen LogP contribution is -2.47. The maximum Gasteiger partial charge on any atom is 0.227 e. The number of fused-ring (bicyclic) bond motifs is 3. The average Bonchev–Trinajstić information content (AvgIpc) is 2.46. The van der Waals surface area contributed by atoms with E-state index >= 15 is 0 Å². The fourth-order valence-corrected chi connectivity index (χ4v) is 4.21. The molecule has 3 rings (SSSR count). The number of phenolic OH excluding ortho intramolecular Hbond substituents is 2. The first kappa shape index (κ1) is 15.6. The van der Waals surface area contributed by atoms with E-state index in [1.165, 1.54) is 6.07 Å². The Balaban J connectivity index is 2.43. The summed E-state index contributed by atoms with van der Waals surface area (Å²) in [6.45, 7) is 6.74. The smallest absolute Gasteiger partial charge is 0.227 e. The van der Waals surface area contributed by atoms with E-state index in [1.54, 1.807) is 27.7 Å². The third kappa shape index (κ3) is 1.73. The number of hydrogen-bond donors (Lipinski definition) is 3. The molecule has 0 heterocycles. The van der Waals surface area contributed by atoms with Crippen molar-refractivity contribution in [1.82, 2.24) is 0 Å². The van der Waals surface area contributed by atoms with Gasteiger partial charge in [0.2, 0.25) is 5.78 Å². The lowest BCUT2D eigenvalue weighted by molar-refractivity contribution is -0.127. The number of aliphatic hydroxyl groups excluding tert-OH is 1. The van der Waals surface area contributed by atoms with Crippen molar-refractivity contribution < 1.29 is 24.9 Å². The number of aryl methyl sites for hydroxylation is 1. The molecule has 0 radical (unpaired) electrons. The largest absolute Gasteiger partial charge is 0.504 e. The van der Waals surface area contributed by atoms with Crippen molar-refractivity contribution in [3.63, 3.8) is 0 Å². The summed E-state index contributed by atoms with van der Waals surface area (Å²) in [7, 11) is 0. The molecule has 0 bridgehead atoms. The number of Topliss-reactive ketones (excluding diaryl/α,β-unsaturated/α-hetero) is 2. The van der Waals surface area contributed by atoms with Crippen LogP contribution in [0.2, 0.25) is 0 Å². The Labute approximate surface area is 134 Å². The van der Waals surface area contributed by atoms with E-state index < -0.39 is 22.4 Å². The molecule has 122 valence electrons. The molecule has 5 nitrogen and oxygen atoms in total. The Morgan fingerprint density at radius 2 is 1.65 bits per heavy atom. The van der Waals surface area contributed by atoms with Crippen LogP contribution in [0.3, 0.4) is 0 Å². The number of hydrogen-bond acceptors (Lipinski definition) is 5. The first-order chi connectivity index (χ1) is 10.5. The van der Waals surface area contributed by atoms with Gasteiger partial charge in [-0.1, -0.05) is 6.92 Å². The molecule has 1 atom stereocenters. The van der Waals surface area contributed by atoms with Crippen LogP contribution in [0.25, 0.3) is 0 Å². The molecular formula is C18H20O5. The van der Waals surface area contributed by atoms with Crippen molar-refractivity contribution >= 4 is 11.6 Å². The number of benzene rings is 1. The first-order valence-corrected chi connectivity index (χ1v) is 7.61. The third-order valence-electron chi connectivity index (χ3n) is 5.44. The minimum absolute atomic E-state index is 0.0522. The summed E-state index contributed by atoms with van der Waals surface area (Å²) < 4.78 is 0. The zero-order valence-corrected chi connectivity index (χ0v) is 13.6. The molecule has 1 aromatic carbocycles. The van der Waals surface area contributed by atoms with Gasteiger partial charge in [-0.15, -0.1) is 0 Å². The van der Waals surface area contributed by atoms with Crippen LogP contribution in [0.1, 0.15) is 55.1 Å². The SMILES string of the molecule is Cc1cc2c(c(O)c1O)[C@]1(C)CCC(=O)C(C)(C)C1=C(O)C2=O. The van der Waals surface area contributed by atoms with Gasteiger partial charge in [-0.2, -0.15) is 0 Å². The fraction of sp³-hybridized carbons (Fsp3) is 0.444. The highest BCUT2D eigenvalue weighted by molar-refractivity contribution is 6.13. The van der Waals surface area contributed by atoms with Crippen LogP contribution in [0.15, 0.2) is 17.4 Å². The van der Waals surface area contributed by atoms with E-state index in [0.717, 1.165) is 0 Å². The third-order valence-corrected chi connectivity index (χ3v) is 5.44. The number of phenols is 2. The molecule has 1 fully saturated rings. The van der Waals surface area contributed by atoms with Crippen LogP contribution < -0.4 is 0 Å². The van der Waals surface area contributed by atoms with Gasteiger partial charge in [0, 0.05) is 28.4 Å². The van der Waals surface area contributed by atoms with Gasteiger partial charge < -0.3 is 15.3 Å². The maximum atomic E-state index is 12.6. The normalized spacial score (nSPS) is 26.1. The predicted molar refractivity (Wildman–Crippen MR) is 83.9 cm³/mol. The standard InChI is InChI=1S/C18H20O5/c1-8-7-9-11(14(22)12(8)20)18(4)6-5-10(19)17(2,3)16(18)15(23)13(9)21/h7,20,22-23H,5-6H2,1-4H3/t18-/m0/s1. The van der Waals surface area contributed by atoms with Gasteiger partial charge >= 0.3 is 0 Å². The van der Waals surface area contributed by atoms with Gasteiger partial charge in [0.25, 0.3) is 0 Å². The highest BCUT2D eigenvalue weighted by Crippen LogP contribution is 2.58. The molecule has 5 heteroatoms. The topological polar surface area (TPSA) is 94.8 Å². The fourth-order valence-electron chi connectivity index (χ4n) is 4.21. The van der Waals surface area contributed by atoms with Crippen molar-refractivity contribution in [3.8, 4) is 11.5 Å². The highest BCUT2D eigenvalue weighted by atomic mass is 16.3. The number of ketones is 2. The number of aliphatic hydroxyl groups is 1. The molecule has 1 saturated carbocycles. The molecule has 0 aromatic heterocycles. The van der Waals surface area contributed by atoms with Crippen LogP contribution in [0.4, 0.5) is 0 Å². The summed E-state index contributed by atoms with van der Waals surface area (Å²) in [4.78, 5) is 24.9. The Hall–Kier alpha value is -2.30. The van der Waals surface area contributed by atoms with Crippen LogP contribution in [0.5, 0.6) is 11.5 Å². The van der Waals surface area contributed by atoms with E-state index in [0.29, 0.717) is 23.1 Å². The minimum Gasteiger partial charge on any atom is -0.504 e. The average molecular weight is 316 g/mol. The summed E-state index contributed by atoms with van der Waals surface area (Å²) in [6.07, 6.45) is 0.646. The number of carbonyl (C=O) groups excluding carboxylic acids is 2. The predicted octanol–water partition coefficient (Wildman–Crippen LogP) is 3.06. The number of aromatic hydroxyl groups is 2. The molecule has 2 aliphatic rings. The number of rotatable bonds is 0. The summed E-state index contributed by atoms with van der Waals surface area (Å²) in [6, 6.07) is 1.48. The van der Waals surface area contributed by atoms with Crippen LogP contribution in [-0.2, 0) is 10.2 Å². The summed E-state index contributed by atoms with van der Waals surface area (Å²) >= 11 is 0.